The van der Waals surface area contributed by atoms with Crippen LogP contribution in [0.2, 0.25) is 0 Å². The molecule has 0 rings (SSSR count). The Morgan fingerprint density at radius 2 is 1.07 bits per heavy atom. The van der Waals surface area contributed by atoms with Gasteiger partial charge < -0.3 is 0 Å². The molecule has 0 aliphatic carbocycles. The molecular formula is C14H22. The van der Waals surface area contributed by atoms with E-state index in [4.69, 9.17) is 0 Å². The van der Waals surface area contributed by atoms with E-state index in [0.717, 1.165) is 11.1 Å². The van der Waals surface area contributed by atoms with Crippen molar-refractivity contribution in [2.24, 2.45) is 0 Å². The van der Waals surface area contributed by atoms with Gasteiger partial charge in [-0.25, -0.2) is 0 Å². The maximum Gasteiger partial charge on any atom is -0.0194 e. The zero-order valence-electron chi connectivity index (χ0n) is 9.88. The molecule has 0 unspecified atom stereocenters. The largest absolute Gasteiger partial charge is 0.0984 e. The highest BCUT2D eigenvalue weighted by Crippen LogP contribution is 2.10. The van der Waals surface area contributed by atoms with E-state index in [1.54, 1.807) is 0 Å². The third kappa shape index (κ3) is 6.24. The van der Waals surface area contributed by atoms with E-state index < -0.39 is 0 Å². The van der Waals surface area contributed by atoms with E-state index in [1.807, 2.05) is 64.2 Å². The van der Waals surface area contributed by atoms with Gasteiger partial charge in [0.1, 0.15) is 0 Å². The molecular weight excluding hydrogens is 168 g/mol. The van der Waals surface area contributed by atoms with Gasteiger partial charge in [-0.05, 0) is 25.0 Å². The van der Waals surface area contributed by atoms with E-state index in [2.05, 4.69) is 13.2 Å². The van der Waals surface area contributed by atoms with Crippen LogP contribution in [0.1, 0.15) is 27.7 Å². The van der Waals surface area contributed by atoms with Crippen molar-refractivity contribution in [1.82, 2.24) is 0 Å². The summed E-state index contributed by atoms with van der Waals surface area (Å²) >= 11 is 0. The van der Waals surface area contributed by atoms with Crippen molar-refractivity contribution in [2.75, 3.05) is 0 Å². The smallest absolute Gasteiger partial charge is 0.0194 e. The summed E-state index contributed by atoms with van der Waals surface area (Å²) < 4.78 is 0. The van der Waals surface area contributed by atoms with Gasteiger partial charge in [0, 0.05) is 0 Å². The fourth-order valence-corrected chi connectivity index (χ4v) is 0.923. The molecule has 0 aromatic rings. The van der Waals surface area contributed by atoms with Gasteiger partial charge in [-0.15, -0.1) is 0 Å². The second kappa shape index (κ2) is 11.7. The molecule has 78 valence electrons. The second-order valence-electron chi connectivity index (χ2n) is 2.32. The van der Waals surface area contributed by atoms with Crippen LogP contribution in [0, 0.1) is 0 Å². The van der Waals surface area contributed by atoms with Gasteiger partial charge in [0.25, 0.3) is 0 Å². The average molecular weight is 190 g/mol. The minimum Gasteiger partial charge on any atom is -0.0984 e. The quantitative estimate of drug-likeness (QED) is 0.557. The Hall–Kier alpha value is -1.30. The fourth-order valence-electron chi connectivity index (χ4n) is 0.923. The summed E-state index contributed by atoms with van der Waals surface area (Å²) in [5, 5.41) is 0. The van der Waals surface area contributed by atoms with Crippen molar-refractivity contribution in [3.8, 4) is 0 Å². The summed E-state index contributed by atoms with van der Waals surface area (Å²) in [5.74, 6) is 0. The van der Waals surface area contributed by atoms with Gasteiger partial charge in [-0.3, -0.25) is 0 Å². The Bertz CT molecular complexity index is 211. The highest BCUT2D eigenvalue weighted by atomic mass is 14.0. The second-order valence-corrected chi connectivity index (χ2v) is 2.32. The number of allylic oxidation sites excluding steroid dienone is 8. The topological polar surface area (TPSA) is 0 Å². The molecule has 0 heterocycles. The summed E-state index contributed by atoms with van der Waals surface area (Å²) in [5.41, 5.74) is 2.20. The van der Waals surface area contributed by atoms with Crippen molar-refractivity contribution < 1.29 is 0 Å². The van der Waals surface area contributed by atoms with Crippen molar-refractivity contribution >= 4 is 0 Å². The van der Waals surface area contributed by atoms with Crippen molar-refractivity contribution in [2.45, 2.75) is 27.7 Å². The first-order chi connectivity index (χ1) is 6.79. The highest BCUT2D eigenvalue weighted by Gasteiger charge is 1.90. The Morgan fingerprint density at radius 1 is 0.786 bits per heavy atom. The first kappa shape index (κ1) is 15.2. The minimum atomic E-state index is 1.10. The Labute approximate surface area is 89.0 Å². The van der Waals surface area contributed by atoms with E-state index in [-0.39, 0.29) is 0 Å². The van der Waals surface area contributed by atoms with Gasteiger partial charge >= 0.3 is 0 Å². The lowest BCUT2D eigenvalue weighted by atomic mass is 10.1. The lowest BCUT2D eigenvalue weighted by Gasteiger charge is -1.98. The first-order valence-corrected chi connectivity index (χ1v) is 5.04. The van der Waals surface area contributed by atoms with Crippen LogP contribution < -0.4 is 0 Å². The molecule has 0 bridgehead atoms. The van der Waals surface area contributed by atoms with Crippen LogP contribution in [0.5, 0.6) is 0 Å². The van der Waals surface area contributed by atoms with Gasteiger partial charge in [-0.2, -0.15) is 0 Å². The molecule has 0 fully saturated rings. The number of hydrogen-bond donors (Lipinski definition) is 0. The Morgan fingerprint density at radius 3 is 1.21 bits per heavy atom. The van der Waals surface area contributed by atoms with E-state index in [0.29, 0.717) is 0 Å². The molecule has 0 aromatic heterocycles. The van der Waals surface area contributed by atoms with Gasteiger partial charge in [0.05, 0.1) is 0 Å². The van der Waals surface area contributed by atoms with Crippen LogP contribution in [0.25, 0.3) is 0 Å². The minimum absolute atomic E-state index is 1.10. The predicted molar refractivity (Wildman–Crippen MR) is 68.4 cm³/mol. The van der Waals surface area contributed by atoms with Crippen LogP contribution in [0.3, 0.4) is 0 Å². The highest BCUT2D eigenvalue weighted by molar-refractivity contribution is 5.45. The monoisotopic (exact) mass is 190 g/mol. The molecule has 0 aliphatic rings. The van der Waals surface area contributed by atoms with Crippen molar-refractivity contribution in [1.29, 1.82) is 0 Å². The fraction of sp³-hybridized carbons (Fsp3) is 0.286. The van der Waals surface area contributed by atoms with Crippen LogP contribution in [0.15, 0.2) is 60.8 Å². The lowest BCUT2D eigenvalue weighted by molar-refractivity contribution is 1.50. The summed E-state index contributed by atoms with van der Waals surface area (Å²) in [4.78, 5) is 0. The van der Waals surface area contributed by atoms with Gasteiger partial charge in [0.2, 0.25) is 0 Å². The molecule has 14 heavy (non-hydrogen) atoms. The van der Waals surface area contributed by atoms with Gasteiger partial charge in [-0.1, -0.05) is 63.5 Å². The van der Waals surface area contributed by atoms with Crippen LogP contribution in [0.4, 0.5) is 0 Å². The number of hydrogen-bond acceptors (Lipinski definition) is 0. The summed E-state index contributed by atoms with van der Waals surface area (Å²) in [6.07, 6.45) is 11.7. The average Bonchev–Trinajstić information content (AvgIpc) is 2.26. The molecule has 0 spiro atoms. The molecule has 0 saturated heterocycles. The van der Waals surface area contributed by atoms with E-state index in [1.165, 1.54) is 0 Å². The van der Waals surface area contributed by atoms with Gasteiger partial charge in [0.15, 0.2) is 0 Å². The molecule has 0 saturated carbocycles. The molecule has 0 amide bonds. The molecule has 0 aliphatic heterocycles. The van der Waals surface area contributed by atoms with Crippen LogP contribution in [-0.4, -0.2) is 0 Å². The van der Waals surface area contributed by atoms with Crippen molar-refractivity contribution in [3.05, 3.63) is 60.8 Å². The molecule has 0 heteroatoms. The Kier molecular flexibility index (Phi) is 12.7. The maximum absolute atomic E-state index is 3.74. The molecule has 0 radical (unpaired) electrons. The van der Waals surface area contributed by atoms with E-state index in [9.17, 15) is 0 Å². The predicted octanol–water partition coefficient (Wildman–Crippen LogP) is 4.83. The Balaban J connectivity index is 0. The summed E-state index contributed by atoms with van der Waals surface area (Å²) in [6, 6.07) is 0. The van der Waals surface area contributed by atoms with Crippen molar-refractivity contribution in [3.63, 3.8) is 0 Å². The normalized spacial score (nSPS) is 12.0. The van der Waals surface area contributed by atoms with E-state index >= 15 is 0 Å². The molecule has 0 atom stereocenters. The first-order valence-electron chi connectivity index (χ1n) is 5.04. The number of rotatable bonds is 4. The molecule has 0 aromatic carbocycles. The third-order valence-corrected chi connectivity index (χ3v) is 1.47. The van der Waals surface area contributed by atoms with Crippen LogP contribution >= 0.6 is 0 Å². The zero-order valence-corrected chi connectivity index (χ0v) is 9.88. The maximum atomic E-state index is 3.74. The standard InChI is InChI=1S/C12H16.C2H6/c1-5-9-11(7-3)12(8-4)10-6-2;1-2/h5-10H,3-4H2,1-2H3;1-2H3/b9-5-,10-6+,12-11-;. The molecule has 0 N–H and O–H groups in total. The third-order valence-electron chi connectivity index (χ3n) is 1.47. The zero-order chi connectivity index (χ0) is 11.4. The lowest BCUT2D eigenvalue weighted by Crippen LogP contribution is -1.78. The van der Waals surface area contributed by atoms with Crippen LogP contribution in [-0.2, 0) is 0 Å². The SMILES string of the molecule is C=CC(/C=C\C)=C(C=C)/C=C/C.CC. The summed E-state index contributed by atoms with van der Waals surface area (Å²) in [7, 11) is 0. The molecule has 0 nitrogen and oxygen atoms in total. The summed E-state index contributed by atoms with van der Waals surface area (Å²) in [6.45, 7) is 15.5.